The molecular weight excluding hydrogens is 288 g/mol. The van der Waals surface area contributed by atoms with Crippen molar-refractivity contribution in [2.75, 3.05) is 13.1 Å². The molecule has 1 atom stereocenters. The number of hydrogen-bond donors (Lipinski definition) is 0. The van der Waals surface area contributed by atoms with Gasteiger partial charge in [0.05, 0.1) is 18.1 Å². The summed E-state index contributed by atoms with van der Waals surface area (Å²) in [7, 11) is 2.08. The fourth-order valence-electron chi connectivity index (χ4n) is 3.55. The molecule has 0 amide bonds. The van der Waals surface area contributed by atoms with Gasteiger partial charge in [0, 0.05) is 51.3 Å². The minimum atomic E-state index is 0.686. The van der Waals surface area contributed by atoms with Crippen LogP contribution in [-0.4, -0.2) is 41.9 Å². The fraction of sp³-hybridized carbons (Fsp3) is 0.471. The highest BCUT2D eigenvalue weighted by Crippen LogP contribution is 2.21. The van der Waals surface area contributed by atoms with Gasteiger partial charge in [-0.3, -0.25) is 14.3 Å². The third-order valence-corrected chi connectivity index (χ3v) is 4.77. The minimum absolute atomic E-state index is 0.686. The third-order valence-electron chi connectivity index (χ3n) is 4.77. The Morgan fingerprint density at radius 1 is 1.17 bits per heavy atom. The van der Waals surface area contributed by atoms with Gasteiger partial charge in [-0.2, -0.15) is 0 Å². The Morgan fingerprint density at radius 2 is 2.13 bits per heavy atom. The zero-order valence-corrected chi connectivity index (χ0v) is 13.5. The first-order chi connectivity index (χ1) is 11.3. The quantitative estimate of drug-likeness (QED) is 0.739. The molecule has 4 rings (SSSR count). The van der Waals surface area contributed by atoms with Gasteiger partial charge in [-0.25, -0.2) is 9.97 Å². The molecule has 0 spiro atoms. The Kier molecular flexibility index (Phi) is 3.83. The Hall–Kier alpha value is -2.21. The number of aromatic nitrogens is 5. The van der Waals surface area contributed by atoms with Crippen molar-refractivity contribution in [3.05, 3.63) is 48.7 Å². The summed E-state index contributed by atoms with van der Waals surface area (Å²) < 4.78 is 4.27. The second-order valence-electron chi connectivity index (χ2n) is 6.46. The summed E-state index contributed by atoms with van der Waals surface area (Å²) >= 11 is 0. The molecule has 1 aliphatic rings. The molecule has 4 heterocycles. The van der Waals surface area contributed by atoms with Crippen LogP contribution in [0.1, 0.15) is 24.4 Å². The van der Waals surface area contributed by atoms with Gasteiger partial charge >= 0.3 is 0 Å². The summed E-state index contributed by atoms with van der Waals surface area (Å²) in [6.45, 7) is 3.24. The van der Waals surface area contributed by atoms with Crippen molar-refractivity contribution in [2.45, 2.75) is 25.8 Å². The van der Waals surface area contributed by atoms with E-state index in [0.717, 1.165) is 31.7 Å². The van der Waals surface area contributed by atoms with Crippen LogP contribution in [0.25, 0.3) is 5.65 Å². The van der Waals surface area contributed by atoms with Crippen LogP contribution in [-0.2, 0) is 20.0 Å². The molecule has 1 aliphatic heterocycles. The van der Waals surface area contributed by atoms with Gasteiger partial charge in [0.2, 0.25) is 0 Å². The van der Waals surface area contributed by atoms with E-state index in [4.69, 9.17) is 0 Å². The molecule has 3 aromatic rings. The first kappa shape index (κ1) is 14.4. The lowest BCUT2D eigenvalue weighted by molar-refractivity contribution is 0.163. The zero-order chi connectivity index (χ0) is 15.6. The van der Waals surface area contributed by atoms with Gasteiger partial charge in [-0.05, 0) is 25.3 Å². The van der Waals surface area contributed by atoms with E-state index in [1.807, 2.05) is 37.2 Å². The predicted octanol–water partition coefficient (Wildman–Crippen LogP) is 1.92. The van der Waals surface area contributed by atoms with Crippen molar-refractivity contribution < 1.29 is 0 Å². The van der Waals surface area contributed by atoms with Crippen molar-refractivity contribution >= 4 is 5.65 Å². The summed E-state index contributed by atoms with van der Waals surface area (Å²) in [4.78, 5) is 15.6. The SMILES string of the molecule is Cn1ccnc1C[C@@H]1CCCN(Cc2cnc3cnccn23)C1. The molecule has 3 aromatic heterocycles. The van der Waals surface area contributed by atoms with E-state index in [1.165, 1.54) is 24.4 Å². The molecule has 23 heavy (non-hydrogen) atoms. The molecule has 0 radical (unpaired) electrons. The number of hydrogen-bond acceptors (Lipinski definition) is 4. The average Bonchev–Trinajstić information content (AvgIpc) is 3.15. The summed E-state index contributed by atoms with van der Waals surface area (Å²) in [5, 5.41) is 0. The van der Waals surface area contributed by atoms with E-state index >= 15 is 0 Å². The number of imidazole rings is 2. The molecular formula is C17H22N6. The molecule has 0 unspecified atom stereocenters. The maximum absolute atomic E-state index is 4.47. The van der Waals surface area contributed by atoms with Crippen molar-refractivity contribution in [1.82, 2.24) is 28.8 Å². The second-order valence-corrected chi connectivity index (χ2v) is 6.46. The van der Waals surface area contributed by atoms with Crippen LogP contribution < -0.4 is 0 Å². The highest BCUT2D eigenvalue weighted by atomic mass is 15.2. The third kappa shape index (κ3) is 2.99. The van der Waals surface area contributed by atoms with Gasteiger partial charge in [-0.15, -0.1) is 0 Å². The summed E-state index contributed by atoms with van der Waals surface area (Å²) in [6.07, 6.45) is 15.1. The zero-order valence-electron chi connectivity index (χ0n) is 13.5. The molecule has 1 fully saturated rings. The summed E-state index contributed by atoms with van der Waals surface area (Å²) in [5.74, 6) is 1.88. The normalized spacial score (nSPS) is 19.4. The first-order valence-electron chi connectivity index (χ1n) is 8.24. The minimum Gasteiger partial charge on any atom is -0.338 e. The Labute approximate surface area is 135 Å². The van der Waals surface area contributed by atoms with Crippen molar-refractivity contribution in [1.29, 1.82) is 0 Å². The maximum atomic E-state index is 4.47. The largest absolute Gasteiger partial charge is 0.338 e. The topological polar surface area (TPSA) is 51.2 Å². The van der Waals surface area contributed by atoms with E-state index < -0.39 is 0 Å². The first-order valence-corrected chi connectivity index (χ1v) is 8.24. The molecule has 0 N–H and O–H groups in total. The second kappa shape index (κ2) is 6.12. The van der Waals surface area contributed by atoms with Crippen LogP contribution >= 0.6 is 0 Å². The van der Waals surface area contributed by atoms with Crippen LogP contribution in [0, 0.1) is 5.92 Å². The van der Waals surface area contributed by atoms with Gasteiger partial charge < -0.3 is 4.57 Å². The van der Waals surface area contributed by atoms with Crippen molar-refractivity contribution in [3.63, 3.8) is 0 Å². The Morgan fingerprint density at radius 3 is 3.00 bits per heavy atom. The molecule has 0 aliphatic carbocycles. The average molecular weight is 310 g/mol. The smallest absolute Gasteiger partial charge is 0.155 e. The number of aryl methyl sites for hydroxylation is 1. The molecule has 6 heteroatoms. The monoisotopic (exact) mass is 310 g/mol. The number of likely N-dealkylation sites (tertiary alicyclic amines) is 1. The van der Waals surface area contributed by atoms with E-state index in [2.05, 4.69) is 35.9 Å². The highest BCUT2D eigenvalue weighted by molar-refractivity contribution is 5.36. The summed E-state index contributed by atoms with van der Waals surface area (Å²) in [5.41, 5.74) is 2.16. The van der Waals surface area contributed by atoms with Gasteiger partial charge in [0.25, 0.3) is 0 Å². The lowest BCUT2D eigenvalue weighted by Crippen LogP contribution is -2.36. The summed E-state index contributed by atoms with van der Waals surface area (Å²) in [6, 6.07) is 0. The van der Waals surface area contributed by atoms with Crippen LogP contribution in [0.3, 0.4) is 0 Å². The molecule has 120 valence electrons. The van der Waals surface area contributed by atoms with Gasteiger partial charge in [0.15, 0.2) is 5.65 Å². The number of fused-ring (bicyclic) bond motifs is 1. The molecule has 0 saturated carbocycles. The van der Waals surface area contributed by atoms with Crippen molar-refractivity contribution in [2.24, 2.45) is 13.0 Å². The number of nitrogens with zero attached hydrogens (tertiary/aromatic N) is 6. The van der Waals surface area contributed by atoms with Crippen LogP contribution in [0.4, 0.5) is 0 Å². The number of piperidine rings is 1. The Balaban J connectivity index is 1.44. The Bertz CT molecular complexity index is 789. The highest BCUT2D eigenvalue weighted by Gasteiger charge is 2.22. The van der Waals surface area contributed by atoms with E-state index in [9.17, 15) is 0 Å². The van der Waals surface area contributed by atoms with E-state index in [0.29, 0.717) is 5.92 Å². The van der Waals surface area contributed by atoms with Crippen LogP contribution in [0.15, 0.2) is 37.2 Å². The molecule has 0 bridgehead atoms. The number of rotatable bonds is 4. The van der Waals surface area contributed by atoms with Gasteiger partial charge in [-0.1, -0.05) is 0 Å². The molecule has 0 aromatic carbocycles. The standard InChI is InChI=1S/C17H22N6/c1-21-7-5-19-16(21)9-14-3-2-6-22(12-14)13-15-10-20-17-11-18-4-8-23(15)17/h4-5,7-8,10-11,14H,2-3,6,9,12-13H2,1H3/t14-/m0/s1. The fourth-order valence-corrected chi connectivity index (χ4v) is 3.55. The van der Waals surface area contributed by atoms with Crippen LogP contribution in [0.2, 0.25) is 0 Å². The van der Waals surface area contributed by atoms with E-state index in [-0.39, 0.29) is 0 Å². The lowest BCUT2D eigenvalue weighted by atomic mass is 9.94. The van der Waals surface area contributed by atoms with Crippen LogP contribution in [0.5, 0.6) is 0 Å². The van der Waals surface area contributed by atoms with Gasteiger partial charge in [0.1, 0.15) is 5.82 Å². The molecule has 6 nitrogen and oxygen atoms in total. The van der Waals surface area contributed by atoms with E-state index in [1.54, 1.807) is 0 Å². The predicted molar refractivity (Wildman–Crippen MR) is 87.9 cm³/mol. The molecule has 1 saturated heterocycles. The lowest BCUT2D eigenvalue weighted by Gasteiger charge is -2.32. The van der Waals surface area contributed by atoms with Crippen molar-refractivity contribution in [3.8, 4) is 0 Å². The maximum Gasteiger partial charge on any atom is 0.155 e.